The maximum absolute atomic E-state index is 12.2. The van der Waals surface area contributed by atoms with Crippen LogP contribution in [0.25, 0.3) is 0 Å². The molecule has 1 saturated heterocycles. The fourth-order valence-corrected chi connectivity index (χ4v) is 2.17. The van der Waals surface area contributed by atoms with Gasteiger partial charge in [-0.25, -0.2) is 0 Å². The molecule has 0 aliphatic carbocycles. The van der Waals surface area contributed by atoms with Gasteiger partial charge in [0.2, 0.25) is 5.91 Å². The lowest BCUT2D eigenvalue weighted by Crippen LogP contribution is -2.39. The second kappa shape index (κ2) is 6.30. The summed E-state index contributed by atoms with van der Waals surface area (Å²) in [6, 6.07) is 5.50. The van der Waals surface area contributed by atoms with Crippen molar-refractivity contribution in [2.24, 2.45) is 5.92 Å². The first-order valence-corrected chi connectivity index (χ1v) is 6.31. The van der Waals surface area contributed by atoms with Crippen LogP contribution in [-0.2, 0) is 9.53 Å². The van der Waals surface area contributed by atoms with Crippen molar-refractivity contribution >= 4 is 17.3 Å². The Morgan fingerprint density at radius 1 is 1.52 bits per heavy atom. The lowest BCUT2D eigenvalue weighted by Gasteiger charge is -2.16. The first kappa shape index (κ1) is 14.9. The summed E-state index contributed by atoms with van der Waals surface area (Å²) in [5, 5.41) is 25.3. The Bertz CT molecular complexity index is 611. The van der Waals surface area contributed by atoms with Gasteiger partial charge >= 0.3 is 0 Å². The Morgan fingerprint density at radius 3 is 2.90 bits per heavy atom. The van der Waals surface area contributed by atoms with Gasteiger partial charge in [-0.15, -0.1) is 0 Å². The molecule has 0 spiro atoms. The number of nitriles is 1. The minimum absolute atomic E-state index is 0.0532. The molecule has 0 saturated carbocycles. The van der Waals surface area contributed by atoms with E-state index in [9.17, 15) is 14.9 Å². The minimum atomic E-state index is -0.589. The van der Waals surface area contributed by atoms with Crippen molar-refractivity contribution in [2.75, 3.05) is 25.6 Å². The Hall–Kier alpha value is -2.50. The van der Waals surface area contributed by atoms with Crippen molar-refractivity contribution in [3.8, 4) is 6.07 Å². The molecule has 1 aromatic carbocycles. The number of carbonyl (C=O) groups excluding carboxylic acids is 1. The van der Waals surface area contributed by atoms with E-state index in [1.54, 1.807) is 7.05 Å². The topological polar surface area (TPSA) is 117 Å². The van der Waals surface area contributed by atoms with Crippen LogP contribution in [0.2, 0.25) is 0 Å². The molecule has 8 heteroatoms. The van der Waals surface area contributed by atoms with Gasteiger partial charge in [0.15, 0.2) is 0 Å². The molecular formula is C13H14N4O4. The minimum Gasteiger partial charge on any atom is -0.379 e. The molecule has 0 bridgehead atoms. The molecule has 0 radical (unpaired) electrons. The summed E-state index contributed by atoms with van der Waals surface area (Å²) in [7, 11) is 1.74. The molecule has 8 nitrogen and oxygen atoms in total. The summed E-state index contributed by atoms with van der Waals surface area (Å²) in [6.07, 6.45) is 0. The number of nitro benzene ring substituents is 1. The van der Waals surface area contributed by atoms with Crippen molar-refractivity contribution in [1.29, 1.82) is 5.26 Å². The number of hydrogen-bond donors (Lipinski definition) is 2. The quantitative estimate of drug-likeness (QED) is 0.620. The van der Waals surface area contributed by atoms with Gasteiger partial charge in [0.05, 0.1) is 35.3 Å². The highest BCUT2D eigenvalue weighted by Crippen LogP contribution is 2.23. The summed E-state index contributed by atoms with van der Waals surface area (Å²) >= 11 is 0. The van der Waals surface area contributed by atoms with Crippen LogP contribution >= 0.6 is 0 Å². The molecule has 2 N–H and O–H groups in total. The van der Waals surface area contributed by atoms with Gasteiger partial charge in [-0.05, 0) is 13.1 Å². The van der Waals surface area contributed by atoms with Gasteiger partial charge in [-0.1, -0.05) is 0 Å². The van der Waals surface area contributed by atoms with E-state index in [0.717, 1.165) is 6.07 Å². The van der Waals surface area contributed by atoms with Gasteiger partial charge in [-0.2, -0.15) is 5.26 Å². The standard InChI is InChI=1S/C13H14N4O4/c1-15-12-7-21-6-10(12)13(18)16-11-3-2-9(17(19)20)4-8(11)5-14/h2-4,10,12,15H,6-7H2,1H3,(H,16,18). The van der Waals surface area contributed by atoms with Crippen molar-refractivity contribution in [2.45, 2.75) is 6.04 Å². The maximum atomic E-state index is 12.2. The highest BCUT2D eigenvalue weighted by atomic mass is 16.6. The number of ether oxygens (including phenoxy) is 1. The molecule has 1 aliphatic heterocycles. The number of hydrogen-bond acceptors (Lipinski definition) is 6. The van der Waals surface area contributed by atoms with Crippen LogP contribution in [0.15, 0.2) is 18.2 Å². The molecule has 1 amide bonds. The molecule has 1 fully saturated rings. The molecule has 1 aliphatic rings. The van der Waals surface area contributed by atoms with E-state index < -0.39 is 4.92 Å². The van der Waals surface area contributed by atoms with Gasteiger partial charge < -0.3 is 15.4 Å². The average Bonchev–Trinajstić information content (AvgIpc) is 2.95. The van der Waals surface area contributed by atoms with Crippen molar-refractivity contribution in [3.63, 3.8) is 0 Å². The normalized spacial score (nSPS) is 20.8. The van der Waals surface area contributed by atoms with Gasteiger partial charge in [0.1, 0.15) is 6.07 Å². The summed E-state index contributed by atoms with van der Waals surface area (Å²) in [5.74, 6) is -0.645. The third-order valence-electron chi connectivity index (χ3n) is 3.38. The molecule has 0 aromatic heterocycles. The number of non-ortho nitro benzene ring substituents is 1. The van der Waals surface area contributed by atoms with E-state index in [-0.39, 0.29) is 34.8 Å². The lowest BCUT2D eigenvalue weighted by atomic mass is 10.0. The first-order chi connectivity index (χ1) is 10.1. The Labute approximate surface area is 120 Å². The third-order valence-corrected chi connectivity index (χ3v) is 3.38. The van der Waals surface area contributed by atoms with E-state index in [1.807, 2.05) is 6.07 Å². The summed E-state index contributed by atoms with van der Waals surface area (Å²) in [5.41, 5.74) is 0.120. The predicted molar refractivity (Wildman–Crippen MR) is 73.6 cm³/mol. The second-order valence-corrected chi connectivity index (χ2v) is 4.63. The van der Waals surface area contributed by atoms with Gasteiger partial charge in [0.25, 0.3) is 5.69 Å². The smallest absolute Gasteiger partial charge is 0.270 e. The van der Waals surface area contributed by atoms with Crippen molar-refractivity contribution in [3.05, 3.63) is 33.9 Å². The number of likely N-dealkylation sites (N-methyl/N-ethyl adjacent to an activating group) is 1. The van der Waals surface area contributed by atoms with Crippen LogP contribution in [-0.4, -0.2) is 37.1 Å². The Morgan fingerprint density at radius 2 is 2.29 bits per heavy atom. The molecule has 21 heavy (non-hydrogen) atoms. The fourth-order valence-electron chi connectivity index (χ4n) is 2.17. The number of benzene rings is 1. The van der Waals surface area contributed by atoms with E-state index in [4.69, 9.17) is 10.00 Å². The SMILES string of the molecule is CNC1COCC1C(=O)Nc1ccc([N+](=O)[O-])cc1C#N. The molecule has 110 valence electrons. The number of nitrogens with one attached hydrogen (secondary N) is 2. The largest absolute Gasteiger partial charge is 0.379 e. The van der Waals surface area contributed by atoms with Crippen LogP contribution < -0.4 is 10.6 Å². The zero-order valence-corrected chi connectivity index (χ0v) is 11.3. The zero-order chi connectivity index (χ0) is 15.4. The Balaban J connectivity index is 2.18. The fraction of sp³-hybridized carbons (Fsp3) is 0.385. The average molecular weight is 290 g/mol. The number of nitrogens with zero attached hydrogens (tertiary/aromatic N) is 2. The molecule has 2 rings (SSSR count). The van der Waals surface area contributed by atoms with E-state index in [0.29, 0.717) is 13.2 Å². The van der Waals surface area contributed by atoms with Crippen LogP contribution in [0.5, 0.6) is 0 Å². The lowest BCUT2D eigenvalue weighted by molar-refractivity contribution is -0.384. The molecular weight excluding hydrogens is 276 g/mol. The monoisotopic (exact) mass is 290 g/mol. The number of carbonyl (C=O) groups is 1. The first-order valence-electron chi connectivity index (χ1n) is 6.31. The zero-order valence-electron chi connectivity index (χ0n) is 11.3. The second-order valence-electron chi connectivity index (χ2n) is 4.63. The summed E-state index contributed by atoms with van der Waals surface area (Å²) in [6.45, 7) is 0.742. The predicted octanol–water partition coefficient (Wildman–Crippen LogP) is 0.639. The highest BCUT2D eigenvalue weighted by Gasteiger charge is 2.33. The van der Waals surface area contributed by atoms with Crippen molar-refractivity contribution < 1.29 is 14.5 Å². The molecule has 1 heterocycles. The molecule has 1 aromatic rings. The van der Waals surface area contributed by atoms with Crippen LogP contribution in [0, 0.1) is 27.4 Å². The maximum Gasteiger partial charge on any atom is 0.270 e. The summed E-state index contributed by atoms with van der Waals surface area (Å²) < 4.78 is 5.25. The molecule has 2 unspecified atom stereocenters. The molecule has 2 atom stereocenters. The van der Waals surface area contributed by atoms with E-state index in [1.165, 1.54) is 12.1 Å². The van der Waals surface area contributed by atoms with Gasteiger partial charge in [-0.3, -0.25) is 14.9 Å². The van der Waals surface area contributed by atoms with Crippen LogP contribution in [0.4, 0.5) is 11.4 Å². The van der Waals surface area contributed by atoms with E-state index in [2.05, 4.69) is 10.6 Å². The van der Waals surface area contributed by atoms with Gasteiger partial charge in [0, 0.05) is 18.2 Å². The highest BCUT2D eigenvalue weighted by molar-refractivity contribution is 5.94. The van der Waals surface area contributed by atoms with Crippen LogP contribution in [0.1, 0.15) is 5.56 Å². The number of rotatable bonds is 4. The number of nitro groups is 1. The summed E-state index contributed by atoms with van der Waals surface area (Å²) in [4.78, 5) is 22.3. The van der Waals surface area contributed by atoms with E-state index >= 15 is 0 Å². The Kier molecular flexibility index (Phi) is 4.47. The van der Waals surface area contributed by atoms with Crippen LogP contribution in [0.3, 0.4) is 0 Å². The number of amides is 1. The third kappa shape index (κ3) is 3.16. The number of anilines is 1. The van der Waals surface area contributed by atoms with Crippen molar-refractivity contribution in [1.82, 2.24) is 5.32 Å².